The van der Waals surface area contributed by atoms with E-state index in [1.54, 1.807) is 0 Å². The van der Waals surface area contributed by atoms with Gasteiger partial charge in [0.05, 0.1) is 0 Å². The van der Waals surface area contributed by atoms with Gasteiger partial charge in [-0.1, -0.05) is 19.9 Å². The number of rotatable bonds is 5. The highest BCUT2D eigenvalue weighted by atomic mass is 16.5. The highest BCUT2D eigenvalue weighted by Crippen LogP contribution is 2.22. The number of hydrogen-bond donors (Lipinski definition) is 1. The van der Waals surface area contributed by atoms with E-state index >= 15 is 0 Å². The van der Waals surface area contributed by atoms with Gasteiger partial charge in [-0.2, -0.15) is 0 Å². The van der Waals surface area contributed by atoms with Crippen molar-refractivity contribution in [2.24, 2.45) is 11.8 Å². The smallest absolute Gasteiger partial charge is 0.115 e. The molecule has 0 bridgehead atoms. The van der Waals surface area contributed by atoms with Crippen LogP contribution in [0.1, 0.15) is 26.7 Å². The summed E-state index contributed by atoms with van der Waals surface area (Å²) in [6, 6.07) is 0.608. The minimum atomic E-state index is 0.577. The maximum atomic E-state index is 5.77. The summed E-state index contributed by atoms with van der Waals surface area (Å²) in [5, 5.41) is 3.52. The Morgan fingerprint density at radius 3 is 2.78 bits per heavy atom. The van der Waals surface area contributed by atoms with Gasteiger partial charge in [0.25, 0.3) is 0 Å². The topological polar surface area (TPSA) is 30.5 Å². The second-order valence-corrected chi connectivity index (χ2v) is 5.34. The molecule has 3 heteroatoms. The van der Waals surface area contributed by atoms with Crippen LogP contribution in [0, 0.1) is 11.8 Å². The summed E-state index contributed by atoms with van der Waals surface area (Å²) in [6.07, 6.45) is 8.79. The molecule has 2 unspecified atom stereocenters. The average molecular weight is 251 g/mol. The predicted octanol–water partition coefficient (Wildman–Crippen LogP) is 2.50. The Kier molecular flexibility index (Phi) is 5.26. The van der Waals surface area contributed by atoms with Crippen molar-refractivity contribution in [3.63, 3.8) is 0 Å². The zero-order valence-corrected chi connectivity index (χ0v) is 11.5. The third kappa shape index (κ3) is 4.14. The van der Waals surface area contributed by atoms with Crippen LogP contribution in [0.5, 0.6) is 0 Å². The molecule has 1 aliphatic carbocycles. The molecule has 1 fully saturated rings. The molecule has 2 aliphatic rings. The Balaban J connectivity index is 1.61. The number of allylic oxidation sites excluding steroid dienone is 3. The lowest BCUT2D eigenvalue weighted by atomic mass is 9.91. The third-order valence-corrected chi connectivity index (χ3v) is 3.85. The van der Waals surface area contributed by atoms with Gasteiger partial charge in [0.15, 0.2) is 0 Å². The van der Waals surface area contributed by atoms with Crippen LogP contribution in [0.4, 0.5) is 0 Å². The van der Waals surface area contributed by atoms with Gasteiger partial charge >= 0.3 is 0 Å². The molecule has 1 saturated heterocycles. The van der Waals surface area contributed by atoms with Crippen LogP contribution >= 0.6 is 0 Å². The van der Waals surface area contributed by atoms with Gasteiger partial charge in [-0.3, -0.25) is 0 Å². The maximum Gasteiger partial charge on any atom is 0.115 e. The summed E-state index contributed by atoms with van der Waals surface area (Å²) in [5.41, 5.74) is 0. The van der Waals surface area contributed by atoms with Gasteiger partial charge in [0.1, 0.15) is 12.4 Å². The number of ether oxygens (including phenoxy) is 2. The van der Waals surface area contributed by atoms with Crippen molar-refractivity contribution in [3.8, 4) is 0 Å². The molecule has 18 heavy (non-hydrogen) atoms. The standard InChI is InChI=1S/C15H25NO2/c1-12-3-4-15(11-13(12)2)18-10-7-16-14-5-8-17-9-6-14/h3-4,11-14,16H,5-10H2,1-2H3. The molecule has 0 radical (unpaired) electrons. The lowest BCUT2D eigenvalue weighted by molar-refractivity contribution is 0.0760. The number of nitrogens with one attached hydrogen (secondary N) is 1. The highest BCUT2D eigenvalue weighted by Gasteiger charge is 2.14. The molecule has 2 rings (SSSR count). The van der Waals surface area contributed by atoms with E-state index < -0.39 is 0 Å². The summed E-state index contributed by atoms with van der Waals surface area (Å²) >= 11 is 0. The Labute approximate surface area is 110 Å². The van der Waals surface area contributed by atoms with Crippen LogP contribution in [0.15, 0.2) is 24.0 Å². The van der Waals surface area contributed by atoms with E-state index in [-0.39, 0.29) is 0 Å². The van der Waals surface area contributed by atoms with Gasteiger partial charge in [0.2, 0.25) is 0 Å². The molecule has 0 amide bonds. The van der Waals surface area contributed by atoms with E-state index in [2.05, 4.69) is 37.4 Å². The summed E-state index contributed by atoms with van der Waals surface area (Å²) in [4.78, 5) is 0. The summed E-state index contributed by atoms with van der Waals surface area (Å²) in [7, 11) is 0. The Bertz CT molecular complexity index is 306. The van der Waals surface area contributed by atoms with Crippen LogP contribution in [0.2, 0.25) is 0 Å². The fraction of sp³-hybridized carbons (Fsp3) is 0.733. The molecule has 0 aromatic heterocycles. The normalized spacial score (nSPS) is 29.1. The lowest BCUT2D eigenvalue weighted by Gasteiger charge is -2.23. The highest BCUT2D eigenvalue weighted by molar-refractivity contribution is 5.19. The molecule has 3 nitrogen and oxygen atoms in total. The molecule has 1 aliphatic heterocycles. The first-order valence-corrected chi connectivity index (χ1v) is 7.09. The SMILES string of the molecule is CC1C=CC(OCCNC2CCOCC2)=CC1C. The number of hydrogen-bond acceptors (Lipinski definition) is 3. The Morgan fingerprint density at radius 2 is 2.06 bits per heavy atom. The second-order valence-electron chi connectivity index (χ2n) is 5.34. The van der Waals surface area contributed by atoms with Crippen LogP contribution in [-0.4, -0.2) is 32.4 Å². The first-order valence-electron chi connectivity index (χ1n) is 7.09. The quantitative estimate of drug-likeness (QED) is 0.762. The van der Waals surface area contributed by atoms with E-state index in [1.807, 2.05) is 0 Å². The van der Waals surface area contributed by atoms with Crippen molar-refractivity contribution in [1.29, 1.82) is 0 Å². The summed E-state index contributed by atoms with van der Waals surface area (Å²) in [6.45, 7) is 7.91. The van der Waals surface area contributed by atoms with E-state index in [1.165, 1.54) is 0 Å². The van der Waals surface area contributed by atoms with Gasteiger partial charge in [0, 0.05) is 25.8 Å². The first kappa shape index (κ1) is 13.6. The predicted molar refractivity (Wildman–Crippen MR) is 73.3 cm³/mol. The molecule has 1 N–H and O–H groups in total. The molecule has 0 saturated carbocycles. The molecule has 1 heterocycles. The molecular weight excluding hydrogens is 226 g/mol. The third-order valence-electron chi connectivity index (χ3n) is 3.85. The van der Waals surface area contributed by atoms with E-state index in [0.717, 1.165) is 45.0 Å². The van der Waals surface area contributed by atoms with Crippen molar-refractivity contribution in [3.05, 3.63) is 24.0 Å². The first-order chi connectivity index (χ1) is 8.75. The van der Waals surface area contributed by atoms with Crippen LogP contribution < -0.4 is 5.32 Å². The lowest BCUT2D eigenvalue weighted by Crippen LogP contribution is -2.36. The largest absolute Gasteiger partial charge is 0.493 e. The van der Waals surface area contributed by atoms with Gasteiger partial charge < -0.3 is 14.8 Å². The minimum absolute atomic E-state index is 0.577. The van der Waals surface area contributed by atoms with Crippen molar-refractivity contribution in [2.75, 3.05) is 26.4 Å². The Hall–Kier alpha value is -0.800. The van der Waals surface area contributed by atoms with Crippen molar-refractivity contribution >= 4 is 0 Å². The zero-order chi connectivity index (χ0) is 12.8. The maximum absolute atomic E-state index is 5.77. The Morgan fingerprint density at radius 1 is 1.28 bits per heavy atom. The molecule has 0 aromatic carbocycles. The summed E-state index contributed by atoms with van der Waals surface area (Å²) < 4.78 is 11.1. The minimum Gasteiger partial charge on any atom is -0.493 e. The fourth-order valence-electron chi connectivity index (χ4n) is 2.32. The van der Waals surface area contributed by atoms with Crippen LogP contribution in [-0.2, 0) is 9.47 Å². The van der Waals surface area contributed by atoms with E-state index in [9.17, 15) is 0 Å². The fourth-order valence-corrected chi connectivity index (χ4v) is 2.32. The molecular formula is C15H25NO2. The van der Waals surface area contributed by atoms with Crippen LogP contribution in [0.3, 0.4) is 0 Å². The van der Waals surface area contributed by atoms with Gasteiger partial charge in [-0.15, -0.1) is 0 Å². The average Bonchev–Trinajstić information content (AvgIpc) is 2.40. The molecule has 0 spiro atoms. The molecule has 102 valence electrons. The van der Waals surface area contributed by atoms with Gasteiger partial charge in [-0.05, 0) is 36.8 Å². The van der Waals surface area contributed by atoms with Crippen molar-refractivity contribution in [1.82, 2.24) is 5.32 Å². The van der Waals surface area contributed by atoms with E-state index in [0.29, 0.717) is 17.9 Å². The molecule has 2 atom stereocenters. The monoisotopic (exact) mass is 251 g/mol. The molecule has 0 aromatic rings. The van der Waals surface area contributed by atoms with Gasteiger partial charge in [-0.25, -0.2) is 0 Å². The zero-order valence-electron chi connectivity index (χ0n) is 11.5. The second kappa shape index (κ2) is 6.95. The summed E-state index contributed by atoms with van der Waals surface area (Å²) in [5.74, 6) is 2.22. The van der Waals surface area contributed by atoms with E-state index in [4.69, 9.17) is 9.47 Å². The van der Waals surface area contributed by atoms with Crippen LogP contribution in [0.25, 0.3) is 0 Å². The van der Waals surface area contributed by atoms with Crippen molar-refractivity contribution in [2.45, 2.75) is 32.7 Å². The van der Waals surface area contributed by atoms with Crippen molar-refractivity contribution < 1.29 is 9.47 Å².